The molecule has 0 saturated carbocycles. The topological polar surface area (TPSA) is 45.2 Å². The predicted molar refractivity (Wildman–Crippen MR) is 110 cm³/mol. The van der Waals surface area contributed by atoms with E-state index < -0.39 is 0 Å². The number of rotatable bonds is 6. The van der Waals surface area contributed by atoms with Crippen molar-refractivity contribution in [3.63, 3.8) is 0 Å². The molecule has 0 radical (unpaired) electrons. The van der Waals surface area contributed by atoms with Crippen LogP contribution in [0, 0.1) is 6.92 Å². The summed E-state index contributed by atoms with van der Waals surface area (Å²) in [5.41, 5.74) is 4.57. The normalized spacial score (nSPS) is 10.7. The summed E-state index contributed by atoms with van der Waals surface area (Å²) in [6, 6.07) is 21.9. The van der Waals surface area contributed by atoms with Crippen LogP contribution in [0.3, 0.4) is 0 Å². The van der Waals surface area contributed by atoms with Gasteiger partial charge in [-0.1, -0.05) is 48.5 Å². The first-order chi connectivity index (χ1) is 13.0. The molecule has 1 N–H and O–H groups in total. The highest BCUT2D eigenvalue weighted by Gasteiger charge is 2.20. The van der Waals surface area contributed by atoms with Crippen LogP contribution in [0.15, 0.2) is 72.9 Å². The molecule has 0 unspecified atom stereocenters. The fourth-order valence-corrected chi connectivity index (χ4v) is 2.91. The molecule has 0 aliphatic carbocycles. The minimum atomic E-state index is -0.0673. The number of carbonyl (C=O) groups excluding carboxylic acids is 1. The van der Waals surface area contributed by atoms with Crippen LogP contribution in [0.25, 0.3) is 0 Å². The summed E-state index contributed by atoms with van der Waals surface area (Å²) >= 11 is 0. The molecule has 0 aliphatic heterocycles. The summed E-state index contributed by atoms with van der Waals surface area (Å²) in [4.78, 5) is 19.3. The quantitative estimate of drug-likeness (QED) is 0.659. The Morgan fingerprint density at radius 1 is 1.04 bits per heavy atom. The summed E-state index contributed by atoms with van der Waals surface area (Å²) in [5, 5.41) is 3.37. The number of anilines is 2. The monoisotopic (exact) mass is 359 g/mol. The first-order valence-corrected chi connectivity index (χ1v) is 9.18. The number of hydrogen-bond donors (Lipinski definition) is 1. The van der Waals surface area contributed by atoms with Crippen LogP contribution < -0.4 is 5.32 Å². The maximum Gasteiger partial charge on any atom is 0.273 e. The average molecular weight is 359 g/mol. The van der Waals surface area contributed by atoms with E-state index in [0.29, 0.717) is 12.2 Å². The number of hydrogen-bond acceptors (Lipinski definition) is 3. The highest BCUT2D eigenvalue weighted by atomic mass is 16.2. The molecule has 3 rings (SSSR count). The molecule has 27 heavy (non-hydrogen) atoms. The number of aryl methyl sites for hydroxylation is 1. The largest absolute Gasteiger partial charge is 0.355 e. The van der Waals surface area contributed by atoms with Gasteiger partial charge in [-0.3, -0.25) is 9.78 Å². The van der Waals surface area contributed by atoms with Gasteiger partial charge >= 0.3 is 0 Å². The van der Waals surface area contributed by atoms with Crippen molar-refractivity contribution < 1.29 is 4.79 Å². The SMILES string of the molecule is Cc1ccccc1Nc1ccnc(C(=O)N(Cc2ccccc2)C(C)C)c1. The van der Waals surface area contributed by atoms with Crippen molar-refractivity contribution in [3.05, 3.63) is 89.7 Å². The van der Waals surface area contributed by atoms with Crippen molar-refractivity contribution in [2.45, 2.75) is 33.4 Å². The van der Waals surface area contributed by atoms with E-state index in [9.17, 15) is 4.79 Å². The van der Waals surface area contributed by atoms with E-state index in [1.54, 1.807) is 6.20 Å². The van der Waals surface area contributed by atoms with Crippen molar-refractivity contribution >= 4 is 17.3 Å². The van der Waals surface area contributed by atoms with E-state index >= 15 is 0 Å². The molecule has 0 atom stereocenters. The molecule has 1 amide bonds. The molecule has 0 fully saturated rings. The zero-order chi connectivity index (χ0) is 19.2. The van der Waals surface area contributed by atoms with Gasteiger partial charge in [-0.15, -0.1) is 0 Å². The first kappa shape index (κ1) is 18.6. The van der Waals surface area contributed by atoms with Gasteiger partial charge in [0.05, 0.1) is 0 Å². The highest BCUT2D eigenvalue weighted by molar-refractivity contribution is 5.93. The van der Waals surface area contributed by atoms with Crippen LogP contribution in [-0.2, 0) is 6.54 Å². The number of para-hydroxylation sites is 1. The minimum Gasteiger partial charge on any atom is -0.355 e. The number of nitrogens with one attached hydrogen (secondary N) is 1. The number of benzene rings is 2. The van der Waals surface area contributed by atoms with Crippen molar-refractivity contribution in [2.75, 3.05) is 5.32 Å². The Morgan fingerprint density at radius 2 is 1.74 bits per heavy atom. The van der Waals surface area contributed by atoms with Crippen LogP contribution >= 0.6 is 0 Å². The Morgan fingerprint density at radius 3 is 2.44 bits per heavy atom. The predicted octanol–water partition coefficient (Wildman–Crippen LogP) is 5.18. The van der Waals surface area contributed by atoms with Crippen LogP contribution in [0.5, 0.6) is 0 Å². The van der Waals surface area contributed by atoms with Gasteiger partial charge in [0, 0.05) is 30.2 Å². The van der Waals surface area contributed by atoms with E-state index in [1.807, 2.05) is 79.4 Å². The number of aromatic nitrogens is 1. The number of carbonyl (C=O) groups is 1. The molecule has 4 nitrogen and oxygen atoms in total. The van der Waals surface area contributed by atoms with Crippen LogP contribution in [0.2, 0.25) is 0 Å². The van der Waals surface area contributed by atoms with Gasteiger partial charge in [-0.25, -0.2) is 0 Å². The zero-order valence-electron chi connectivity index (χ0n) is 16.0. The Balaban J connectivity index is 1.81. The van der Waals surface area contributed by atoms with Crippen LogP contribution in [-0.4, -0.2) is 21.8 Å². The van der Waals surface area contributed by atoms with E-state index in [-0.39, 0.29) is 11.9 Å². The Hall–Kier alpha value is -3.14. The number of amides is 1. The highest BCUT2D eigenvalue weighted by Crippen LogP contribution is 2.21. The smallest absolute Gasteiger partial charge is 0.273 e. The Labute approximate surface area is 160 Å². The molecule has 0 bridgehead atoms. The second-order valence-corrected chi connectivity index (χ2v) is 6.88. The van der Waals surface area contributed by atoms with E-state index in [2.05, 4.69) is 23.3 Å². The fraction of sp³-hybridized carbons (Fsp3) is 0.217. The van der Waals surface area contributed by atoms with Gasteiger partial charge in [-0.2, -0.15) is 0 Å². The van der Waals surface area contributed by atoms with Crippen molar-refractivity contribution in [1.82, 2.24) is 9.88 Å². The lowest BCUT2D eigenvalue weighted by atomic mass is 10.1. The van der Waals surface area contributed by atoms with E-state index in [0.717, 1.165) is 22.5 Å². The number of nitrogens with zero attached hydrogens (tertiary/aromatic N) is 2. The van der Waals surface area contributed by atoms with E-state index in [4.69, 9.17) is 0 Å². The third kappa shape index (κ3) is 4.73. The molecule has 4 heteroatoms. The lowest BCUT2D eigenvalue weighted by Crippen LogP contribution is -2.36. The van der Waals surface area contributed by atoms with Crippen molar-refractivity contribution in [3.8, 4) is 0 Å². The van der Waals surface area contributed by atoms with Gasteiger partial charge in [0.25, 0.3) is 5.91 Å². The van der Waals surface area contributed by atoms with Gasteiger partial charge < -0.3 is 10.2 Å². The summed E-state index contributed by atoms with van der Waals surface area (Å²) in [7, 11) is 0. The summed E-state index contributed by atoms with van der Waals surface area (Å²) in [6.07, 6.45) is 1.68. The fourth-order valence-electron chi connectivity index (χ4n) is 2.91. The zero-order valence-corrected chi connectivity index (χ0v) is 16.0. The van der Waals surface area contributed by atoms with Crippen molar-refractivity contribution in [1.29, 1.82) is 0 Å². The summed E-state index contributed by atoms with van der Waals surface area (Å²) in [5.74, 6) is -0.0673. The Bertz CT molecular complexity index is 906. The molecule has 138 valence electrons. The maximum atomic E-state index is 13.1. The van der Waals surface area contributed by atoms with Gasteiger partial charge in [0.1, 0.15) is 5.69 Å². The van der Waals surface area contributed by atoms with Gasteiger partial charge in [0.2, 0.25) is 0 Å². The summed E-state index contributed by atoms with van der Waals surface area (Å²) in [6.45, 7) is 6.66. The second-order valence-electron chi connectivity index (χ2n) is 6.88. The lowest BCUT2D eigenvalue weighted by molar-refractivity contribution is 0.0684. The molecule has 0 spiro atoms. The van der Waals surface area contributed by atoms with Crippen molar-refractivity contribution in [2.24, 2.45) is 0 Å². The van der Waals surface area contributed by atoms with Gasteiger partial charge in [-0.05, 0) is 50.1 Å². The standard InChI is InChI=1S/C23H25N3O/c1-17(2)26(16-19-10-5-4-6-11-19)23(27)22-15-20(13-14-24-22)25-21-12-8-7-9-18(21)3/h4-15,17H,16H2,1-3H3,(H,24,25). The molecular weight excluding hydrogens is 334 g/mol. The molecule has 2 aromatic carbocycles. The summed E-state index contributed by atoms with van der Waals surface area (Å²) < 4.78 is 0. The van der Waals surface area contributed by atoms with Gasteiger partial charge in [0.15, 0.2) is 0 Å². The molecule has 1 heterocycles. The first-order valence-electron chi connectivity index (χ1n) is 9.18. The Kier molecular flexibility index (Phi) is 5.87. The molecule has 0 saturated heterocycles. The molecular formula is C23H25N3O. The van der Waals surface area contributed by atoms with Crippen LogP contribution in [0.4, 0.5) is 11.4 Å². The molecule has 3 aromatic rings. The molecule has 1 aromatic heterocycles. The maximum absolute atomic E-state index is 13.1. The molecule has 0 aliphatic rings. The van der Waals surface area contributed by atoms with Crippen LogP contribution in [0.1, 0.15) is 35.5 Å². The lowest BCUT2D eigenvalue weighted by Gasteiger charge is -2.26. The number of pyridine rings is 1. The third-order valence-corrected chi connectivity index (χ3v) is 4.48. The average Bonchev–Trinajstić information content (AvgIpc) is 2.68. The minimum absolute atomic E-state index is 0.0673. The second kappa shape index (κ2) is 8.49. The van der Waals surface area contributed by atoms with E-state index in [1.165, 1.54) is 0 Å². The third-order valence-electron chi connectivity index (χ3n) is 4.48.